The lowest BCUT2D eigenvalue weighted by Crippen LogP contribution is -1.92. The number of hydrogen-bond acceptors (Lipinski definition) is 1. The number of carbonyl (C=O) groups is 1. The first-order valence-electron chi connectivity index (χ1n) is 7.85. The Morgan fingerprint density at radius 3 is 2.38 bits per heavy atom. The molecule has 0 amide bonds. The first kappa shape index (κ1) is 23.2. The summed E-state index contributed by atoms with van der Waals surface area (Å²) in [6.07, 6.45) is 19.4. The molecule has 0 heterocycles. The summed E-state index contributed by atoms with van der Waals surface area (Å²) in [6, 6.07) is 0. The van der Waals surface area contributed by atoms with Crippen molar-refractivity contribution in [2.45, 2.75) is 44.9 Å². The van der Waals surface area contributed by atoms with Crippen molar-refractivity contribution in [3.8, 4) is 11.8 Å². The summed E-state index contributed by atoms with van der Waals surface area (Å²) >= 11 is 4.63. The summed E-state index contributed by atoms with van der Waals surface area (Å²) in [7, 11) is 0. The van der Waals surface area contributed by atoms with Crippen molar-refractivity contribution < 1.29 is 9.90 Å². The molecule has 1 N–H and O–H groups in total. The van der Waals surface area contributed by atoms with Crippen molar-refractivity contribution in [3.05, 3.63) is 56.3 Å². The van der Waals surface area contributed by atoms with Gasteiger partial charge in [0.15, 0.2) is 0 Å². The molecular weight excluding hydrogens is 526 g/mol. The van der Waals surface area contributed by atoms with Crippen LogP contribution < -0.4 is 0 Å². The standard InChI is InChI=1S/C20H24I2O2/c1-2-3-8-13-18(21)14-9-6-4-5-7-10-15-19(22)16-11-12-17-20(23)24/h2-3,7-8,10,14,16H,1,5,9,11-13,15,17H2,(H,23,24). The third-order valence-corrected chi connectivity index (χ3v) is 4.56. The van der Waals surface area contributed by atoms with Crippen LogP contribution in [0.1, 0.15) is 44.9 Å². The van der Waals surface area contributed by atoms with Crippen LogP contribution in [-0.2, 0) is 4.79 Å². The minimum Gasteiger partial charge on any atom is -0.481 e. The van der Waals surface area contributed by atoms with Gasteiger partial charge >= 0.3 is 5.97 Å². The first-order valence-corrected chi connectivity index (χ1v) is 10.0. The number of carboxylic acid groups (broad SMARTS) is 1. The van der Waals surface area contributed by atoms with E-state index in [1.165, 1.54) is 7.16 Å². The number of halogens is 2. The zero-order chi connectivity index (χ0) is 18.0. The molecule has 0 fully saturated rings. The van der Waals surface area contributed by atoms with Gasteiger partial charge in [-0.25, -0.2) is 0 Å². The number of aliphatic carboxylic acids is 1. The molecule has 2 nitrogen and oxygen atoms in total. The van der Waals surface area contributed by atoms with Crippen molar-refractivity contribution in [3.63, 3.8) is 0 Å². The Morgan fingerprint density at radius 1 is 1.00 bits per heavy atom. The molecule has 24 heavy (non-hydrogen) atoms. The van der Waals surface area contributed by atoms with Gasteiger partial charge in [0.2, 0.25) is 0 Å². The summed E-state index contributed by atoms with van der Waals surface area (Å²) in [5.41, 5.74) is 0. The predicted octanol–water partition coefficient (Wildman–Crippen LogP) is 6.74. The molecule has 0 aliphatic heterocycles. The van der Waals surface area contributed by atoms with E-state index in [2.05, 4.69) is 94.0 Å². The van der Waals surface area contributed by atoms with E-state index in [0.717, 1.165) is 32.1 Å². The Balaban J connectivity index is 3.87. The van der Waals surface area contributed by atoms with Crippen LogP contribution in [0.15, 0.2) is 56.3 Å². The fourth-order valence-electron chi connectivity index (χ4n) is 1.60. The third-order valence-electron chi connectivity index (χ3n) is 2.80. The second-order valence-corrected chi connectivity index (χ2v) is 7.66. The highest BCUT2D eigenvalue weighted by molar-refractivity contribution is 14.1. The summed E-state index contributed by atoms with van der Waals surface area (Å²) in [5, 5.41) is 8.56. The Labute approximate surface area is 173 Å². The van der Waals surface area contributed by atoms with Gasteiger partial charge in [-0.1, -0.05) is 61.0 Å². The van der Waals surface area contributed by atoms with Crippen LogP contribution in [0.4, 0.5) is 0 Å². The summed E-state index contributed by atoms with van der Waals surface area (Å²) < 4.78 is 2.53. The van der Waals surface area contributed by atoms with E-state index in [4.69, 9.17) is 5.11 Å². The van der Waals surface area contributed by atoms with E-state index in [1.54, 1.807) is 6.08 Å². The highest BCUT2D eigenvalue weighted by atomic mass is 127. The normalized spacial score (nSPS) is 12.4. The molecule has 4 heteroatoms. The lowest BCUT2D eigenvalue weighted by atomic mass is 10.2. The zero-order valence-corrected chi connectivity index (χ0v) is 18.1. The minimum absolute atomic E-state index is 0.240. The molecule has 0 unspecified atom stereocenters. The van der Waals surface area contributed by atoms with E-state index < -0.39 is 5.97 Å². The van der Waals surface area contributed by atoms with Gasteiger partial charge in [-0.05, 0) is 78.0 Å². The Morgan fingerprint density at radius 2 is 1.67 bits per heavy atom. The molecule has 0 aromatic heterocycles. The lowest BCUT2D eigenvalue weighted by molar-refractivity contribution is -0.137. The summed E-state index contributed by atoms with van der Waals surface area (Å²) in [4.78, 5) is 10.4. The molecule has 0 aliphatic rings. The molecule has 0 aromatic rings. The van der Waals surface area contributed by atoms with E-state index >= 15 is 0 Å². The van der Waals surface area contributed by atoms with Crippen LogP contribution in [0.25, 0.3) is 0 Å². The molecule has 0 aromatic carbocycles. The molecule has 0 spiro atoms. The monoisotopic (exact) mass is 550 g/mol. The van der Waals surface area contributed by atoms with Gasteiger partial charge in [0.25, 0.3) is 0 Å². The van der Waals surface area contributed by atoms with Gasteiger partial charge in [0, 0.05) is 19.3 Å². The van der Waals surface area contributed by atoms with Gasteiger partial charge in [0.05, 0.1) is 0 Å². The van der Waals surface area contributed by atoms with Gasteiger partial charge in [-0.2, -0.15) is 0 Å². The second kappa shape index (κ2) is 17.0. The van der Waals surface area contributed by atoms with E-state index in [1.807, 2.05) is 6.08 Å². The van der Waals surface area contributed by atoms with E-state index in [9.17, 15) is 4.79 Å². The minimum atomic E-state index is -0.727. The Hall–Kier alpha value is -0.810. The maximum absolute atomic E-state index is 10.4. The number of allylic oxidation sites excluding steroid dienone is 9. The fraction of sp³-hybridized carbons (Fsp3) is 0.350. The zero-order valence-electron chi connectivity index (χ0n) is 13.8. The lowest BCUT2D eigenvalue weighted by Gasteiger charge is -1.94. The molecular formula is C20H24I2O2. The molecule has 0 rings (SSSR count). The third kappa shape index (κ3) is 17.5. The maximum atomic E-state index is 10.4. The van der Waals surface area contributed by atoms with Crippen LogP contribution in [0, 0.1) is 11.8 Å². The van der Waals surface area contributed by atoms with Crippen LogP contribution >= 0.6 is 45.2 Å². The molecule has 0 saturated heterocycles. The van der Waals surface area contributed by atoms with Gasteiger partial charge in [-0.15, -0.1) is 0 Å². The molecule has 0 saturated carbocycles. The summed E-state index contributed by atoms with van der Waals surface area (Å²) in [5.74, 6) is 5.56. The smallest absolute Gasteiger partial charge is 0.303 e. The molecule has 130 valence electrons. The molecule has 0 aliphatic carbocycles. The largest absolute Gasteiger partial charge is 0.481 e. The van der Waals surface area contributed by atoms with Crippen molar-refractivity contribution in [2.75, 3.05) is 0 Å². The number of unbranched alkanes of at least 4 members (excludes halogenated alkanes) is 1. The Kier molecular flexibility index (Phi) is 16.5. The first-order chi connectivity index (χ1) is 11.6. The van der Waals surface area contributed by atoms with Crippen LogP contribution in [-0.4, -0.2) is 11.1 Å². The average molecular weight is 550 g/mol. The van der Waals surface area contributed by atoms with E-state index in [0.29, 0.717) is 6.42 Å². The van der Waals surface area contributed by atoms with E-state index in [-0.39, 0.29) is 6.42 Å². The van der Waals surface area contributed by atoms with Gasteiger partial charge in [0.1, 0.15) is 0 Å². The van der Waals surface area contributed by atoms with Crippen LogP contribution in [0.2, 0.25) is 0 Å². The molecule has 0 bridgehead atoms. The predicted molar refractivity (Wildman–Crippen MR) is 120 cm³/mol. The van der Waals surface area contributed by atoms with Crippen molar-refractivity contribution in [1.82, 2.24) is 0 Å². The SMILES string of the molecule is C=CC=CCC(I)=CCC#CCC=CCC(I)=CCCCC(=O)O. The molecule has 0 atom stereocenters. The average Bonchev–Trinajstić information content (AvgIpc) is 2.54. The number of carboxylic acids is 1. The van der Waals surface area contributed by atoms with Crippen molar-refractivity contribution in [1.29, 1.82) is 0 Å². The summed E-state index contributed by atoms with van der Waals surface area (Å²) in [6.45, 7) is 3.64. The van der Waals surface area contributed by atoms with Crippen LogP contribution in [0.3, 0.4) is 0 Å². The number of hydrogen-bond donors (Lipinski definition) is 1. The van der Waals surface area contributed by atoms with Crippen LogP contribution in [0.5, 0.6) is 0 Å². The highest BCUT2D eigenvalue weighted by Gasteiger charge is 1.94. The van der Waals surface area contributed by atoms with Crippen molar-refractivity contribution in [2.24, 2.45) is 0 Å². The quantitative estimate of drug-likeness (QED) is 0.102. The topological polar surface area (TPSA) is 37.3 Å². The van der Waals surface area contributed by atoms with Crippen molar-refractivity contribution >= 4 is 51.2 Å². The number of rotatable bonds is 11. The second-order valence-electron chi connectivity index (χ2n) is 4.89. The van der Waals surface area contributed by atoms with Gasteiger partial charge in [-0.3, -0.25) is 4.79 Å². The maximum Gasteiger partial charge on any atom is 0.303 e. The van der Waals surface area contributed by atoms with Gasteiger partial charge < -0.3 is 5.11 Å². The Bertz CT molecular complexity index is 558. The molecule has 0 radical (unpaired) electrons. The highest BCUT2D eigenvalue weighted by Crippen LogP contribution is 2.14. The fourth-order valence-corrected chi connectivity index (χ4v) is 2.64.